The van der Waals surface area contributed by atoms with Crippen LogP contribution in [0.4, 0.5) is 8.78 Å². The fourth-order valence-electron chi connectivity index (χ4n) is 1.82. The first-order valence-electron chi connectivity index (χ1n) is 6.34. The van der Waals surface area contributed by atoms with Crippen LogP contribution in [0.2, 0.25) is 0 Å². The molecule has 1 heterocycles. The predicted molar refractivity (Wildman–Crippen MR) is 74.1 cm³/mol. The molecular weight excluding hydrogens is 278 g/mol. The lowest BCUT2D eigenvalue weighted by molar-refractivity contribution is -0.136. The summed E-state index contributed by atoms with van der Waals surface area (Å²) in [7, 11) is 1.72. The van der Waals surface area contributed by atoms with Gasteiger partial charge in [-0.3, -0.25) is 0 Å². The Bertz CT molecular complexity index is 693. The van der Waals surface area contributed by atoms with E-state index in [1.54, 1.807) is 24.7 Å². The highest BCUT2D eigenvalue weighted by atomic mass is 19.2. The Morgan fingerprint density at radius 1 is 1.38 bits per heavy atom. The molecule has 21 heavy (non-hydrogen) atoms. The van der Waals surface area contributed by atoms with Crippen molar-refractivity contribution in [1.82, 2.24) is 9.55 Å². The molecule has 0 aliphatic heterocycles. The number of halogens is 2. The molecule has 0 saturated carbocycles. The molecular formula is C15H14F2N2O2. The summed E-state index contributed by atoms with van der Waals surface area (Å²) in [6.45, 7) is 1.89. The first kappa shape index (κ1) is 14.9. The molecule has 1 aromatic heterocycles. The van der Waals surface area contributed by atoms with Gasteiger partial charge in [0.05, 0.1) is 6.61 Å². The maximum atomic E-state index is 13.3. The molecule has 0 radical (unpaired) electrons. The number of nitrogens with zero attached hydrogens (tertiary/aromatic N) is 2. The van der Waals surface area contributed by atoms with Crippen molar-refractivity contribution in [3.05, 3.63) is 53.6 Å². The molecule has 110 valence electrons. The maximum Gasteiger partial charge on any atom is 0.341 e. The molecule has 2 aromatic rings. The predicted octanol–water partition coefficient (Wildman–Crippen LogP) is 2.80. The quantitative estimate of drug-likeness (QED) is 0.643. The van der Waals surface area contributed by atoms with Gasteiger partial charge in [-0.05, 0) is 30.7 Å². The number of aromatic nitrogens is 2. The Kier molecular flexibility index (Phi) is 4.47. The number of aryl methyl sites for hydroxylation is 1. The molecule has 0 amide bonds. The summed E-state index contributed by atoms with van der Waals surface area (Å²) >= 11 is 0. The number of esters is 1. The Labute approximate surface area is 120 Å². The molecule has 0 fully saturated rings. The van der Waals surface area contributed by atoms with Crippen molar-refractivity contribution >= 4 is 17.6 Å². The van der Waals surface area contributed by atoms with E-state index in [1.807, 2.05) is 0 Å². The van der Waals surface area contributed by atoms with Crippen molar-refractivity contribution in [1.29, 1.82) is 0 Å². The molecule has 6 heteroatoms. The van der Waals surface area contributed by atoms with E-state index >= 15 is 0 Å². The van der Waals surface area contributed by atoms with Gasteiger partial charge in [0, 0.05) is 19.4 Å². The second-order valence-corrected chi connectivity index (χ2v) is 4.31. The number of benzene rings is 1. The molecule has 0 unspecified atom stereocenters. The lowest BCUT2D eigenvalue weighted by Gasteiger charge is -2.07. The minimum absolute atomic E-state index is 0.176. The van der Waals surface area contributed by atoms with Gasteiger partial charge in [0.25, 0.3) is 0 Å². The molecule has 0 bridgehead atoms. The fraction of sp³-hybridized carbons (Fsp3) is 0.200. The molecule has 0 atom stereocenters. The monoisotopic (exact) mass is 292 g/mol. The number of hydrogen-bond acceptors (Lipinski definition) is 3. The lowest BCUT2D eigenvalue weighted by atomic mass is 10.1. The Hall–Kier alpha value is -2.50. The first-order valence-corrected chi connectivity index (χ1v) is 6.34. The fourth-order valence-corrected chi connectivity index (χ4v) is 1.82. The smallest absolute Gasteiger partial charge is 0.341 e. The Balaban J connectivity index is 2.48. The van der Waals surface area contributed by atoms with Gasteiger partial charge in [0.15, 0.2) is 11.6 Å². The third-order valence-electron chi connectivity index (χ3n) is 2.81. The van der Waals surface area contributed by atoms with E-state index in [0.29, 0.717) is 11.4 Å². The molecule has 0 N–H and O–H groups in total. The average Bonchev–Trinajstić information content (AvgIpc) is 2.86. The Morgan fingerprint density at radius 2 is 2.14 bits per heavy atom. The first-order chi connectivity index (χ1) is 10.0. The number of ether oxygens (including phenoxy) is 1. The number of imidazole rings is 1. The number of carbonyl (C=O) groups excluding carboxylic acids is 1. The summed E-state index contributed by atoms with van der Waals surface area (Å²) in [5.41, 5.74) is 0.523. The van der Waals surface area contributed by atoms with Crippen LogP contribution in [0.15, 0.2) is 30.6 Å². The van der Waals surface area contributed by atoms with E-state index in [0.717, 1.165) is 12.1 Å². The minimum Gasteiger partial charge on any atom is -0.462 e. The third-order valence-corrected chi connectivity index (χ3v) is 2.81. The largest absolute Gasteiger partial charge is 0.462 e. The SMILES string of the molecule is CCOC(=O)/C(=C\c1ccc(F)c(F)c1)c1nccn1C. The highest BCUT2D eigenvalue weighted by Crippen LogP contribution is 2.19. The zero-order chi connectivity index (χ0) is 15.4. The van der Waals surface area contributed by atoms with E-state index in [1.165, 1.54) is 18.3 Å². The summed E-state index contributed by atoms with van der Waals surface area (Å²) in [6.07, 6.45) is 4.63. The zero-order valence-electron chi connectivity index (χ0n) is 11.6. The van der Waals surface area contributed by atoms with E-state index in [9.17, 15) is 13.6 Å². The van der Waals surface area contributed by atoms with E-state index < -0.39 is 17.6 Å². The van der Waals surface area contributed by atoms with Crippen LogP contribution >= 0.6 is 0 Å². The van der Waals surface area contributed by atoms with Crippen LogP contribution < -0.4 is 0 Å². The van der Waals surface area contributed by atoms with Gasteiger partial charge in [-0.25, -0.2) is 18.6 Å². The van der Waals surface area contributed by atoms with Gasteiger partial charge in [0.1, 0.15) is 11.4 Å². The molecule has 2 rings (SSSR count). The second-order valence-electron chi connectivity index (χ2n) is 4.31. The molecule has 0 spiro atoms. The molecule has 4 nitrogen and oxygen atoms in total. The van der Waals surface area contributed by atoms with Crippen LogP contribution in [-0.4, -0.2) is 22.1 Å². The van der Waals surface area contributed by atoms with Crippen molar-refractivity contribution in [2.75, 3.05) is 6.61 Å². The molecule has 1 aromatic carbocycles. The highest BCUT2D eigenvalue weighted by molar-refractivity contribution is 6.20. The summed E-state index contributed by atoms with van der Waals surface area (Å²) in [5, 5.41) is 0. The molecule has 0 aliphatic carbocycles. The van der Waals surface area contributed by atoms with Gasteiger partial charge in [-0.2, -0.15) is 0 Å². The third kappa shape index (κ3) is 3.34. The van der Waals surface area contributed by atoms with Crippen LogP contribution in [0.25, 0.3) is 11.6 Å². The molecule has 0 aliphatic rings. The van der Waals surface area contributed by atoms with Crippen molar-refractivity contribution in [3.63, 3.8) is 0 Å². The van der Waals surface area contributed by atoms with Crippen LogP contribution in [0.3, 0.4) is 0 Å². The van der Waals surface area contributed by atoms with Gasteiger partial charge in [-0.1, -0.05) is 6.07 Å². The Morgan fingerprint density at radius 3 is 2.71 bits per heavy atom. The van der Waals surface area contributed by atoms with E-state index in [-0.39, 0.29) is 12.2 Å². The van der Waals surface area contributed by atoms with Crippen LogP contribution in [0.5, 0.6) is 0 Å². The summed E-state index contributed by atoms with van der Waals surface area (Å²) < 4.78 is 32.8. The van der Waals surface area contributed by atoms with Gasteiger partial charge >= 0.3 is 5.97 Å². The normalized spacial score (nSPS) is 11.5. The van der Waals surface area contributed by atoms with Gasteiger partial charge in [-0.15, -0.1) is 0 Å². The number of carbonyl (C=O) groups is 1. The van der Waals surface area contributed by atoms with Crippen molar-refractivity contribution in [3.8, 4) is 0 Å². The van der Waals surface area contributed by atoms with Crippen LogP contribution in [0, 0.1) is 11.6 Å². The second kappa shape index (κ2) is 6.30. The summed E-state index contributed by atoms with van der Waals surface area (Å²) in [5.74, 6) is -2.11. The van der Waals surface area contributed by atoms with Gasteiger partial charge in [0.2, 0.25) is 0 Å². The van der Waals surface area contributed by atoms with Crippen molar-refractivity contribution in [2.24, 2.45) is 7.05 Å². The minimum atomic E-state index is -0.980. The highest BCUT2D eigenvalue weighted by Gasteiger charge is 2.17. The lowest BCUT2D eigenvalue weighted by Crippen LogP contribution is -2.10. The zero-order valence-corrected chi connectivity index (χ0v) is 11.6. The maximum absolute atomic E-state index is 13.3. The van der Waals surface area contributed by atoms with Crippen molar-refractivity contribution in [2.45, 2.75) is 6.92 Å². The van der Waals surface area contributed by atoms with E-state index in [2.05, 4.69) is 4.98 Å². The number of hydrogen-bond donors (Lipinski definition) is 0. The van der Waals surface area contributed by atoms with E-state index in [4.69, 9.17) is 4.74 Å². The van der Waals surface area contributed by atoms with Crippen molar-refractivity contribution < 1.29 is 18.3 Å². The van der Waals surface area contributed by atoms with Crippen LogP contribution in [0.1, 0.15) is 18.3 Å². The summed E-state index contributed by atoms with van der Waals surface area (Å²) in [6, 6.07) is 3.39. The summed E-state index contributed by atoms with van der Waals surface area (Å²) in [4.78, 5) is 16.1. The molecule has 0 saturated heterocycles. The standard InChI is InChI=1S/C15H14F2N2O2/c1-3-21-15(20)11(14-18-6-7-19(14)2)8-10-4-5-12(16)13(17)9-10/h4-9H,3H2,1-2H3/b11-8-. The topological polar surface area (TPSA) is 44.1 Å². The number of rotatable bonds is 4. The van der Waals surface area contributed by atoms with Crippen LogP contribution in [-0.2, 0) is 16.6 Å². The van der Waals surface area contributed by atoms with Gasteiger partial charge < -0.3 is 9.30 Å². The average molecular weight is 292 g/mol.